The average Bonchev–Trinajstić information content (AvgIpc) is 2.65. The smallest absolute Gasteiger partial charge is 0.228 e. The second-order valence-electron chi connectivity index (χ2n) is 3.48. The Morgan fingerprint density at radius 3 is 3.07 bits per heavy atom. The maximum atomic E-state index is 11.8. The molecule has 0 saturated carbocycles. The van der Waals surface area contributed by atoms with Crippen LogP contribution in [0.15, 0.2) is 6.33 Å². The summed E-state index contributed by atoms with van der Waals surface area (Å²) >= 11 is 0. The molecular formula is C9H13N3O2. The predicted molar refractivity (Wildman–Crippen MR) is 48.9 cm³/mol. The van der Waals surface area contributed by atoms with Gasteiger partial charge in [-0.05, 0) is 19.3 Å². The second kappa shape index (κ2) is 3.88. The first-order valence-corrected chi connectivity index (χ1v) is 4.79. The molecule has 0 radical (unpaired) electrons. The van der Waals surface area contributed by atoms with Gasteiger partial charge in [0.2, 0.25) is 11.6 Å². The number of nitrogens with zero attached hydrogens (tertiary/aromatic N) is 3. The van der Waals surface area contributed by atoms with E-state index in [9.17, 15) is 4.79 Å². The SMILES string of the molecule is Cn1cnnc1C(=O)C1CCCCO1. The highest BCUT2D eigenvalue weighted by Gasteiger charge is 2.26. The first-order chi connectivity index (χ1) is 6.79. The van der Waals surface area contributed by atoms with E-state index in [1.54, 1.807) is 11.6 Å². The number of ketones is 1. The Labute approximate surface area is 82.1 Å². The summed E-state index contributed by atoms with van der Waals surface area (Å²) in [5.41, 5.74) is 0. The van der Waals surface area contributed by atoms with E-state index >= 15 is 0 Å². The number of ether oxygens (including phenoxy) is 1. The highest BCUT2D eigenvalue weighted by molar-refractivity contribution is 5.96. The van der Waals surface area contributed by atoms with Crippen molar-refractivity contribution in [3.63, 3.8) is 0 Å². The standard InChI is InChI=1S/C9H13N3O2/c1-12-6-10-11-9(12)8(13)7-4-2-3-5-14-7/h6-7H,2-5H2,1H3. The summed E-state index contributed by atoms with van der Waals surface area (Å²) in [4.78, 5) is 11.8. The minimum Gasteiger partial charge on any atom is -0.370 e. The Hall–Kier alpha value is -1.23. The minimum atomic E-state index is -0.313. The van der Waals surface area contributed by atoms with Crippen LogP contribution in [0.25, 0.3) is 0 Å². The molecule has 0 N–H and O–H groups in total. The highest BCUT2D eigenvalue weighted by Crippen LogP contribution is 2.15. The number of carbonyl (C=O) groups excluding carboxylic acids is 1. The number of aryl methyl sites for hydroxylation is 1. The summed E-state index contributed by atoms with van der Waals surface area (Å²) in [5.74, 6) is 0.335. The van der Waals surface area contributed by atoms with Crippen LogP contribution in [0.3, 0.4) is 0 Å². The molecule has 0 amide bonds. The largest absolute Gasteiger partial charge is 0.370 e. The lowest BCUT2D eigenvalue weighted by Gasteiger charge is -2.20. The normalized spacial score (nSPS) is 22.2. The van der Waals surface area contributed by atoms with Gasteiger partial charge in [0, 0.05) is 13.7 Å². The van der Waals surface area contributed by atoms with Gasteiger partial charge in [-0.2, -0.15) is 0 Å². The van der Waals surface area contributed by atoms with Crippen molar-refractivity contribution in [3.05, 3.63) is 12.2 Å². The summed E-state index contributed by atoms with van der Waals surface area (Å²) in [5, 5.41) is 7.45. The van der Waals surface area contributed by atoms with Crippen molar-refractivity contribution in [2.75, 3.05) is 6.61 Å². The number of hydrogen-bond donors (Lipinski definition) is 0. The second-order valence-corrected chi connectivity index (χ2v) is 3.48. The summed E-state index contributed by atoms with van der Waals surface area (Å²) in [7, 11) is 1.76. The van der Waals surface area contributed by atoms with Gasteiger partial charge in [-0.25, -0.2) is 0 Å². The van der Waals surface area contributed by atoms with Crippen molar-refractivity contribution < 1.29 is 9.53 Å². The van der Waals surface area contributed by atoms with Gasteiger partial charge >= 0.3 is 0 Å². The fourth-order valence-electron chi connectivity index (χ4n) is 1.60. The predicted octanol–water partition coefficient (Wildman–Crippen LogP) is 0.567. The third-order valence-electron chi connectivity index (χ3n) is 2.40. The van der Waals surface area contributed by atoms with Crippen molar-refractivity contribution >= 4 is 5.78 Å². The van der Waals surface area contributed by atoms with Crippen molar-refractivity contribution in [1.29, 1.82) is 0 Å². The van der Waals surface area contributed by atoms with E-state index in [4.69, 9.17) is 4.74 Å². The molecule has 1 aromatic heterocycles. The molecular weight excluding hydrogens is 182 g/mol. The van der Waals surface area contributed by atoms with E-state index in [-0.39, 0.29) is 11.9 Å². The van der Waals surface area contributed by atoms with Gasteiger partial charge in [0.15, 0.2) is 0 Å². The van der Waals surface area contributed by atoms with E-state index in [0.29, 0.717) is 12.4 Å². The molecule has 1 saturated heterocycles. The molecule has 0 bridgehead atoms. The van der Waals surface area contributed by atoms with Gasteiger partial charge in [-0.1, -0.05) is 0 Å². The summed E-state index contributed by atoms with van der Waals surface area (Å²) < 4.78 is 7.01. The molecule has 5 heteroatoms. The van der Waals surface area contributed by atoms with Crippen LogP contribution in [-0.2, 0) is 11.8 Å². The van der Waals surface area contributed by atoms with Crippen molar-refractivity contribution in [3.8, 4) is 0 Å². The number of aromatic nitrogens is 3. The Kier molecular flexibility index (Phi) is 2.58. The average molecular weight is 195 g/mol. The zero-order chi connectivity index (χ0) is 9.97. The highest BCUT2D eigenvalue weighted by atomic mass is 16.5. The molecule has 0 aliphatic carbocycles. The summed E-state index contributed by atoms with van der Waals surface area (Å²) in [6.07, 6.45) is 4.10. The summed E-state index contributed by atoms with van der Waals surface area (Å²) in [6, 6.07) is 0. The molecule has 14 heavy (non-hydrogen) atoms. The Morgan fingerprint density at radius 1 is 1.64 bits per heavy atom. The van der Waals surface area contributed by atoms with Crippen LogP contribution < -0.4 is 0 Å². The molecule has 1 aliphatic heterocycles. The zero-order valence-corrected chi connectivity index (χ0v) is 8.14. The Bertz CT molecular complexity index is 329. The Morgan fingerprint density at radius 2 is 2.50 bits per heavy atom. The number of rotatable bonds is 2. The van der Waals surface area contributed by atoms with Crippen LogP contribution in [0, 0.1) is 0 Å². The first kappa shape index (κ1) is 9.33. The van der Waals surface area contributed by atoms with Gasteiger partial charge in [-0.15, -0.1) is 10.2 Å². The molecule has 1 atom stereocenters. The molecule has 1 unspecified atom stereocenters. The van der Waals surface area contributed by atoms with Gasteiger partial charge in [0.1, 0.15) is 12.4 Å². The lowest BCUT2D eigenvalue weighted by atomic mass is 10.1. The summed E-state index contributed by atoms with van der Waals surface area (Å²) in [6.45, 7) is 0.675. The molecule has 0 spiro atoms. The van der Waals surface area contributed by atoms with Crippen LogP contribution in [-0.4, -0.2) is 33.3 Å². The van der Waals surface area contributed by atoms with E-state index in [1.165, 1.54) is 6.33 Å². The van der Waals surface area contributed by atoms with Crippen molar-refractivity contribution in [2.24, 2.45) is 7.05 Å². The fourth-order valence-corrected chi connectivity index (χ4v) is 1.60. The molecule has 5 nitrogen and oxygen atoms in total. The Balaban J connectivity index is 2.11. The van der Waals surface area contributed by atoms with Gasteiger partial charge in [0.25, 0.3) is 0 Å². The minimum absolute atomic E-state index is 0.0512. The van der Waals surface area contributed by atoms with Gasteiger partial charge in [-0.3, -0.25) is 4.79 Å². The third-order valence-corrected chi connectivity index (χ3v) is 2.40. The molecule has 0 aromatic carbocycles. The number of carbonyl (C=O) groups is 1. The molecule has 2 rings (SSSR count). The van der Waals surface area contributed by atoms with E-state index in [0.717, 1.165) is 19.3 Å². The van der Waals surface area contributed by atoms with Crippen molar-refractivity contribution in [2.45, 2.75) is 25.4 Å². The third kappa shape index (κ3) is 1.68. The van der Waals surface area contributed by atoms with E-state index in [1.807, 2.05) is 0 Å². The monoisotopic (exact) mass is 195 g/mol. The van der Waals surface area contributed by atoms with Crippen LogP contribution >= 0.6 is 0 Å². The van der Waals surface area contributed by atoms with Crippen molar-refractivity contribution in [1.82, 2.24) is 14.8 Å². The lowest BCUT2D eigenvalue weighted by Crippen LogP contribution is -2.30. The molecule has 1 fully saturated rings. The van der Waals surface area contributed by atoms with Gasteiger partial charge in [0.05, 0.1) is 0 Å². The van der Waals surface area contributed by atoms with Crippen LogP contribution in [0.1, 0.15) is 29.9 Å². The molecule has 1 aromatic rings. The maximum absolute atomic E-state index is 11.8. The van der Waals surface area contributed by atoms with E-state index < -0.39 is 0 Å². The molecule has 1 aliphatic rings. The van der Waals surface area contributed by atoms with Gasteiger partial charge < -0.3 is 9.30 Å². The molecule has 2 heterocycles. The fraction of sp³-hybridized carbons (Fsp3) is 0.667. The number of hydrogen-bond acceptors (Lipinski definition) is 4. The first-order valence-electron chi connectivity index (χ1n) is 4.79. The lowest BCUT2D eigenvalue weighted by molar-refractivity contribution is 0.0176. The zero-order valence-electron chi connectivity index (χ0n) is 8.14. The maximum Gasteiger partial charge on any atom is 0.228 e. The molecule has 76 valence electrons. The van der Waals surface area contributed by atoms with E-state index in [2.05, 4.69) is 10.2 Å². The van der Waals surface area contributed by atoms with Crippen LogP contribution in [0.4, 0.5) is 0 Å². The quantitative estimate of drug-likeness (QED) is 0.647. The topological polar surface area (TPSA) is 57.0 Å². The van der Waals surface area contributed by atoms with Crippen LogP contribution in [0.2, 0.25) is 0 Å². The van der Waals surface area contributed by atoms with Crippen LogP contribution in [0.5, 0.6) is 0 Å². The number of Topliss-reactive ketones (excluding diaryl/α,β-unsaturated/α-hetero) is 1.